The Morgan fingerprint density at radius 1 is 1.03 bits per heavy atom. The molecule has 0 spiro atoms. The largest absolute Gasteiger partial charge is 0.497 e. The predicted molar refractivity (Wildman–Crippen MR) is 112 cm³/mol. The average Bonchev–Trinajstić information content (AvgIpc) is 2.78. The minimum atomic E-state index is -0.512. The van der Waals surface area contributed by atoms with Gasteiger partial charge in [0.2, 0.25) is 0 Å². The summed E-state index contributed by atoms with van der Waals surface area (Å²) in [5.41, 5.74) is 1.64. The molecule has 0 aliphatic rings. The van der Waals surface area contributed by atoms with Crippen molar-refractivity contribution in [3.8, 4) is 17.6 Å². The molecule has 6 heteroatoms. The molecule has 0 aliphatic carbocycles. The van der Waals surface area contributed by atoms with E-state index in [1.807, 2.05) is 6.07 Å². The monoisotopic (exact) mass is 402 g/mol. The van der Waals surface area contributed by atoms with E-state index in [4.69, 9.17) is 9.47 Å². The number of carbonyl (C=O) groups is 1. The lowest BCUT2D eigenvalue weighted by Crippen LogP contribution is -2.13. The first kappa shape index (κ1) is 20.6. The third kappa shape index (κ3) is 5.46. The highest BCUT2D eigenvalue weighted by molar-refractivity contribution is 6.09. The highest BCUT2D eigenvalue weighted by Gasteiger charge is 2.10. The maximum Gasteiger partial charge on any atom is 0.266 e. The van der Waals surface area contributed by atoms with Gasteiger partial charge in [0.05, 0.1) is 7.11 Å². The van der Waals surface area contributed by atoms with Crippen molar-refractivity contribution in [2.75, 3.05) is 12.4 Å². The number of ether oxygens (including phenoxy) is 2. The van der Waals surface area contributed by atoms with E-state index in [0.29, 0.717) is 28.3 Å². The molecule has 3 aromatic rings. The van der Waals surface area contributed by atoms with E-state index in [0.717, 1.165) is 0 Å². The van der Waals surface area contributed by atoms with Gasteiger partial charge in [-0.2, -0.15) is 5.26 Å². The molecule has 30 heavy (non-hydrogen) atoms. The summed E-state index contributed by atoms with van der Waals surface area (Å²) in [5.74, 6) is 0.388. The molecule has 0 fully saturated rings. The molecule has 150 valence electrons. The molecule has 0 bridgehead atoms. The number of nitrogens with one attached hydrogen (secondary N) is 1. The van der Waals surface area contributed by atoms with Crippen LogP contribution in [-0.2, 0) is 11.4 Å². The van der Waals surface area contributed by atoms with Crippen LogP contribution in [0, 0.1) is 17.1 Å². The molecular formula is C24H19FN2O3. The Morgan fingerprint density at radius 2 is 1.70 bits per heavy atom. The quantitative estimate of drug-likeness (QED) is 0.448. The number of hydrogen-bond acceptors (Lipinski definition) is 4. The van der Waals surface area contributed by atoms with Gasteiger partial charge in [0, 0.05) is 11.3 Å². The van der Waals surface area contributed by atoms with Gasteiger partial charge in [-0.05, 0) is 54.1 Å². The first-order valence-corrected chi connectivity index (χ1v) is 9.12. The molecule has 0 aromatic heterocycles. The standard InChI is InChI=1S/C24H19FN2O3/c1-29-21-12-8-20(9-13-21)27-24(28)19(15-26)14-17-6-10-22(11-7-17)30-16-18-4-2-3-5-23(18)25/h2-14H,16H2,1H3,(H,27,28). The van der Waals surface area contributed by atoms with Crippen LogP contribution < -0.4 is 14.8 Å². The van der Waals surface area contributed by atoms with E-state index < -0.39 is 5.91 Å². The molecule has 3 rings (SSSR count). The van der Waals surface area contributed by atoms with Crippen LogP contribution in [0.2, 0.25) is 0 Å². The van der Waals surface area contributed by atoms with Crippen molar-refractivity contribution in [1.29, 1.82) is 5.26 Å². The first-order valence-electron chi connectivity index (χ1n) is 9.12. The molecular weight excluding hydrogens is 383 g/mol. The normalized spacial score (nSPS) is 10.8. The zero-order valence-corrected chi connectivity index (χ0v) is 16.3. The van der Waals surface area contributed by atoms with Crippen LogP contribution >= 0.6 is 0 Å². The minimum Gasteiger partial charge on any atom is -0.497 e. The summed E-state index contributed by atoms with van der Waals surface area (Å²) < 4.78 is 24.3. The van der Waals surface area contributed by atoms with Gasteiger partial charge in [0.1, 0.15) is 35.6 Å². The molecule has 0 unspecified atom stereocenters. The maximum absolute atomic E-state index is 13.6. The van der Waals surface area contributed by atoms with E-state index in [9.17, 15) is 14.4 Å². The van der Waals surface area contributed by atoms with E-state index in [2.05, 4.69) is 5.32 Å². The number of nitriles is 1. The van der Waals surface area contributed by atoms with Gasteiger partial charge < -0.3 is 14.8 Å². The number of anilines is 1. The summed E-state index contributed by atoms with van der Waals surface area (Å²) in [7, 11) is 1.56. The van der Waals surface area contributed by atoms with Crippen molar-refractivity contribution >= 4 is 17.7 Å². The third-order valence-corrected chi connectivity index (χ3v) is 4.26. The second-order valence-corrected chi connectivity index (χ2v) is 6.30. The Balaban J connectivity index is 1.64. The van der Waals surface area contributed by atoms with Crippen LogP contribution in [-0.4, -0.2) is 13.0 Å². The Morgan fingerprint density at radius 3 is 2.33 bits per heavy atom. The fraction of sp³-hybridized carbons (Fsp3) is 0.0833. The highest BCUT2D eigenvalue weighted by atomic mass is 19.1. The van der Waals surface area contributed by atoms with E-state index in [1.54, 1.807) is 73.8 Å². The summed E-state index contributed by atoms with van der Waals surface area (Å²) in [5, 5.41) is 12.0. The second-order valence-electron chi connectivity index (χ2n) is 6.30. The molecule has 0 heterocycles. The summed E-state index contributed by atoms with van der Waals surface area (Å²) >= 11 is 0. The topological polar surface area (TPSA) is 71.3 Å². The Hall–Kier alpha value is -4.11. The first-order chi connectivity index (χ1) is 14.6. The van der Waals surface area contributed by atoms with E-state index in [1.165, 1.54) is 12.1 Å². The number of halogens is 1. The lowest BCUT2D eigenvalue weighted by Gasteiger charge is -2.08. The van der Waals surface area contributed by atoms with E-state index in [-0.39, 0.29) is 18.0 Å². The van der Waals surface area contributed by atoms with Gasteiger partial charge in [0.25, 0.3) is 5.91 Å². The van der Waals surface area contributed by atoms with Crippen LogP contribution in [0.25, 0.3) is 6.08 Å². The smallest absolute Gasteiger partial charge is 0.266 e. The molecule has 0 saturated heterocycles. The molecule has 3 aromatic carbocycles. The van der Waals surface area contributed by atoms with Gasteiger partial charge in [-0.15, -0.1) is 0 Å². The lowest BCUT2D eigenvalue weighted by molar-refractivity contribution is -0.112. The van der Waals surface area contributed by atoms with Crippen molar-refractivity contribution < 1.29 is 18.7 Å². The Kier molecular flexibility index (Phi) is 6.80. The Bertz CT molecular complexity index is 1080. The van der Waals surface area contributed by atoms with Crippen LogP contribution in [0.5, 0.6) is 11.5 Å². The number of hydrogen-bond donors (Lipinski definition) is 1. The number of benzene rings is 3. The average molecular weight is 402 g/mol. The van der Waals surface area contributed by atoms with Gasteiger partial charge in [-0.25, -0.2) is 4.39 Å². The van der Waals surface area contributed by atoms with Crippen LogP contribution in [0.3, 0.4) is 0 Å². The van der Waals surface area contributed by atoms with Crippen molar-refractivity contribution in [2.24, 2.45) is 0 Å². The van der Waals surface area contributed by atoms with Gasteiger partial charge in [-0.3, -0.25) is 4.79 Å². The highest BCUT2D eigenvalue weighted by Crippen LogP contribution is 2.19. The number of nitrogens with zero attached hydrogens (tertiary/aromatic N) is 1. The maximum atomic E-state index is 13.6. The minimum absolute atomic E-state index is 0.0363. The van der Waals surface area contributed by atoms with Gasteiger partial charge >= 0.3 is 0 Å². The van der Waals surface area contributed by atoms with Gasteiger partial charge in [0.15, 0.2) is 0 Å². The molecule has 0 aliphatic heterocycles. The van der Waals surface area contributed by atoms with Crippen molar-refractivity contribution in [3.05, 3.63) is 95.3 Å². The number of methoxy groups -OCH3 is 1. The van der Waals surface area contributed by atoms with E-state index >= 15 is 0 Å². The molecule has 5 nitrogen and oxygen atoms in total. The van der Waals surface area contributed by atoms with Crippen LogP contribution in [0.1, 0.15) is 11.1 Å². The van der Waals surface area contributed by atoms with Crippen LogP contribution in [0.4, 0.5) is 10.1 Å². The summed E-state index contributed by atoms with van der Waals surface area (Å²) in [4.78, 5) is 12.4. The van der Waals surface area contributed by atoms with Crippen molar-refractivity contribution in [1.82, 2.24) is 0 Å². The summed E-state index contributed by atoms with van der Waals surface area (Å²) in [6.07, 6.45) is 1.49. The second kappa shape index (κ2) is 9.89. The fourth-order valence-corrected chi connectivity index (χ4v) is 2.62. The molecule has 0 atom stereocenters. The molecule has 0 radical (unpaired) electrons. The Labute approximate surface area is 174 Å². The number of rotatable bonds is 7. The summed E-state index contributed by atoms with van der Waals surface area (Å²) in [6, 6.07) is 22.0. The SMILES string of the molecule is COc1ccc(NC(=O)C(C#N)=Cc2ccc(OCc3ccccc3F)cc2)cc1. The number of amides is 1. The molecule has 1 amide bonds. The molecule has 0 saturated carbocycles. The molecule has 1 N–H and O–H groups in total. The fourth-order valence-electron chi connectivity index (χ4n) is 2.62. The number of carbonyl (C=O) groups excluding carboxylic acids is 1. The zero-order chi connectivity index (χ0) is 21.3. The van der Waals surface area contributed by atoms with Crippen molar-refractivity contribution in [2.45, 2.75) is 6.61 Å². The third-order valence-electron chi connectivity index (χ3n) is 4.26. The zero-order valence-electron chi connectivity index (χ0n) is 16.3. The predicted octanol–water partition coefficient (Wildman–Crippen LogP) is 4.96. The lowest BCUT2D eigenvalue weighted by atomic mass is 10.1. The van der Waals surface area contributed by atoms with Crippen LogP contribution in [0.15, 0.2) is 78.4 Å². The van der Waals surface area contributed by atoms with Gasteiger partial charge in [-0.1, -0.05) is 30.3 Å². The van der Waals surface area contributed by atoms with Crippen molar-refractivity contribution in [3.63, 3.8) is 0 Å². The summed E-state index contributed by atoms with van der Waals surface area (Å²) in [6.45, 7) is 0.107.